The van der Waals surface area contributed by atoms with Crippen LogP contribution in [0.2, 0.25) is 0 Å². The standard InChI is InChI=1S/C19H16FN3O2/c20-13-5-3-6-14(11-13)23-9-8-16(22-23)19(25)21-18-15-7-2-1-4-12(15)10-17(18)24/h1-9,11,17-18,24H,10H2,(H,21,25). The van der Waals surface area contributed by atoms with Crippen LogP contribution in [0, 0.1) is 5.82 Å². The van der Waals surface area contributed by atoms with E-state index in [0.717, 1.165) is 11.1 Å². The number of nitrogens with zero attached hydrogens (tertiary/aromatic N) is 2. The van der Waals surface area contributed by atoms with Gasteiger partial charge in [0.15, 0.2) is 5.69 Å². The molecule has 0 fully saturated rings. The van der Waals surface area contributed by atoms with Crippen LogP contribution in [0.3, 0.4) is 0 Å². The Morgan fingerprint density at radius 3 is 2.88 bits per heavy atom. The molecule has 2 unspecified atom stereocenters. The summed E-state index contributed by atoms with van der Waals surface area (Å²) < 4.78 is 14.8. The van der Waals surface area contributed by atoms with E-state index in [9.17, 15) is 14.3 Å². The van der Waals surface area contributed by atoms with Crippen molar-refractivity contribution in [2.24, 2.45) is 0 Å². The molecule has 1 aliphatic rings. The van der Waals surface area contributed by atoms with Gasteiger partial charge in [-0.05, 0) is 35.4 Å². The fourth-order valence-electron chi connectivity index (χ4n) is 3.17. The van der Waals surface area contributed by atoms with E-state index in [1.165, 1.54) is 16.8 Å². The number of carbonyl (C=O) groups is 1. The Morgan fingerprint density at radius 2 is 2.04 bits per heavy atom. The van der Waals surface area contributed by atoms with Gasteiger partial charge in [0.25, 0.3) is 5.91 Å². The molecule has 2 N–H and O–H groups in total. The first-order chi connectivity index (χ1) is 12.1. The summed E-state index contributed by atoms with van der Waals surface area (Å²) in [5.41, 5.74) is 2.70. The van der Waals surface area contributed by atoms with Crippen molar-refractivity contribution in [2.45, 2.75) is 18.6 Å². The zero-order chi connectivity index (χ0) is 17.4. The average Bonchev–Trinajstić information content (AvgIpc) is 3.21. The number of amides is 1. The zero-order valence-electron chi connectivity index (χ0n) is 13.3. The van der Waals surface area contributed by atoms with E-state index in [1.807, 2.05) is 24.3 Å². The van der Waals surface area contributed by atoms with E-state index in [2.05, 4.69) is 10.4 Å². The number of halogens is 1. The molecule has 1 aromatic heterocycles. The first-order valence-electron chi connectivity index (χ1n) is 8.00. The summed E-state index contributed by atoms with van der Waals surface area (Å²) in [7, 11) is 0. The Kier molecular flexibility index (Phi) is 3.82. The summed E-state index contributed by atoms with van der Waals surface area (Å²) in [6.45, 7) is 0. The van der Waals surface area contributed by atoms with E-state index in [0.29, 0.717) is 12.1 Å². The van der Waals surface area contributed by atoms with Gasteiger partial charge in [-0.15, -0.1) is 0 Å². The molecule has 2 atom stereocenters. The minimum Gasteiger partial charge on any atom is -0.390 e. The van der Waals surface area contributed by atoms with Crippen molar-refractivity contribution in [1.82, 2.24) is 15.1 Å². The van der Waals surface area contributed by atoms with Gasteiger partial charge in [0.05, 0.1) is 17.8 Å². The smallest absolute Gasteiger partial charge is 0.272 e. The van der Waals surface area contributed by atoms with Gasteiger partial charge < -0.3 is 10.4 Å². The molecular formula is C19H16FN3O2. The van der Waals surface area contributed by atoms with E-state index in [1.54, 1.807) is 24.4 Å². The lowest BCUT2D eigenvalue weighted by Gasteiger charge is -2.17. The Hall–Kier alpha value is -2.99. The van der Waals surface area contributed by atoms with Crippen LogP contribution in [0.15, 0.2) is 60.8 Å². The number of aliphatic hydroxyl groups is 1. The third kappa shape index (κ3) is 2.92. The highest BCUT2D eigenvalue weighted by atomic mass is 19.1. The second-order valence-electron chi connectivity index (χ2n) is 6.05. The number of hydrogen-bond donors (Lipinski definition) is 2. The first kappa shape index (κ1) is 15.5. The van der Waals surface area contributed by atoms with Crippen molar-refractivity contribution >= 4 is 5.91 Å². The second kappa shape index (κ2) is 6.14. The van der Waals surface area contributed by atoms with Gasteiger partial charge >= 0.3 is 0 Å². The molecule has 0 saturated carbocycles. The molecule has 1 amide bonds. The highest BCUT2D eigenvalue weighted by molar-refractivity contribution is 5.92. The van der Waals surface area contributed by atoms with Gasteiger partial charge in [0.2, 0.25) is 0 Å². The van der Waals surface area contributed by atoms with Crippen LogP contribution >= 0.6 is 0 Å². The van der Waals surface area contributed by atoms with Crippen molar-refractivity contribution < 1.29 is 14.3 Å². The van der Waals surface area contributed by atoms with Crippen LogP contribution in [0.25, 0.3) is 5.69 Å². The summed E-state index contributed by atoms with van der Waals surface area (Å²) in [5.74, 6) is -0.749. The maximum absolute atomic E-state index is 13.3. The Balaban J connectivity index is 1.55. The highest BCUT2D eigenvalue weighted by Gasteiger charge is 2.32. The number of hydrogen-bond acceptors (Lipinski definition) is 3. The largest absolute Gasteiger partial charge is 0.390 e. The number of aliphatic hydroxyl groups excluding tert-OH is 1. The summed E-state index contributed by atoms with van der Waals surface area (Å²) in [6.07, 6.45) is 1.45. The first-order valence-corrected chi connectivity index (χ1v) is 8.00. The van der Waals surface area contributed by atoms with Crippen LogP contribution in [0.1, 0.15) is 27.7 Å². The van der Waals surface area contributed by atoms with Crippen LogP contribution in [-0.4, -0.2) is 26.9 Å². The van der Waals surface area contributed by atoms with Crippen molar-refractivity contribution in [3.63, 3.8) is 0 Å². The molecule has 0 radical (unpaired) electrons. The minimum atomic E-state index is -0.661. The summed E-state index contributed by atoms with van der Waals surface area (Å²) in [5, 5.41) is 17.3. The van der Waals surface area contributed by atoms with E-state index in [4.69, 9.17) is 0 Å². The number of rotatable bonds is 3. The molecule has 4 rings (SSSR count). The number of aromatic nitrogens is 2. The number of benzene rings is 2. The molecule has 1 heterocycles. The van der Waals surface area contributed by atoms with Crippen molar-refractivity contribution in [3.05, 3.63) is 83.4 Å². The molecule has 0 saturated heterocycles. The molecular weight excluding hydrogens is 321 g/mol. The average molecular weight is 337 g/mol. The topological polar surface area (TPSA) is 67.2 Å². The third-order valence-electron chi connectivity index (χ3n) is 4.39. The summed E-state index contributed by atoms with van der Waals surface area (Å²) >= 11 is 0. The second-order valence-corrected chi connectivity index (χ2v) is 6.05. The van der Waals surface area contributed by atoms with Gasteiger partial charge in [0.1, 0.15) is 5.82 Å². The van der Waals surface area contributed by atoms with Gasteiger partial charge in [-0.1, -0.05) is 30.3 Å². The van der Waals surface area contributed by atoms with E-state index < -0.39 is 12.1 Å². The van der Waals surface area contributed by atoms with Crippen LogP contribution in [-0.2, 0) is 6.42 Å². The fourth-order valence-corrected chi connectivity index (χ4v) is 3.17. The van der Waals surface area contributed by atoms with E-state index >= 15 is 0 Å². The van der Waals surface area contributed by atoms with Crippen molar-refractivity contribution in [2.75, 3.05) is 0 Å². The number of carbonyl (C=O) groups excluding carboxylic acids is 1. The maximum Gasteiger partial charge on any atom is 0.272 e. The molecule has 6 heteroatoms. The predicted molar refractivity (Wildman–Crippen MR) is 89.9 cm³/mol. The molecule has 3 aromatic rings. The fraction of sp³-hybridized carbons (Fsp3) is 0.158. The van der Waals surface area contributed by atoms with E-state index in [-0.39, 0.29) is 17.4 Å². The normalized spacial score (nSPS) is 18.8. The number of fused-ring (bicyclic) bond motifs is 1. The molecule has 25 heavy (non-hydrogen) atoms. The quantitative estimate of drug-likeness (QED) is 0.771. The van der Waals surface area contributed by atoms with Gasteiger partial charge in [-0.3, -0.25) is 4.79 Å². The van der Waals surface area contributed by atoms with Gasteiger partial charge in [-0.2, -0.15) is 5.10 Å². The minimum absolute atomic E-state index is 0.209. The van der Waals surface area contributed by atoms with Crippen LogP contribution in [0.4, 0.5) is 4.39 Å². The molecule has 0 spiro atoms. The third-order valence-corrected chi connectivity index (χ3v) is 4.39. The van der Waals surface area contributed by atoms with Crippen LogP contribution < -0.4 is 5.32 Å². The lowest BCUT2D eigenvalue weighted by Crippen LogP contribution is -2.34. The summed E-state index contributed by atoms with van der Waals surface area (Å²) in [6, 6.07) is 14.7. The molecule has 0 aliphatic heterocycles. The van der Waals surface area contributed by atoms with Crippen LogP contribution in [0.5, 0.6) is 0 Å². The zero-order valence-corrected chi connectivity index (χ0v) is 13.3. The predicted octanol–water partition coefficient (Wildman–Crippen LogP) is 2.40. The molecule has 1 aliphatic carbocycles. The molecule has 0 bridgehead atoms. The Morgan fingerprint density at radius 1 is 1.20 bits per heavy atom. The van der Waals surface area contributed by atoms with Crippen molar-refractivity contribution in [3.8, 4) is 5.69 Å². The molecule has 2 aromatic carbocycles. The Labute approximate surface area is 143 Å². The molecule has 5 nitrogen and oxygen atoms in total. The SMILES string of the molecule is O=C(NC1c2ccccc2CC1O)c1ccn(-c2cccc(F)c2)n1. The monoisotopic (exact) mass is 337 g/mol. The lowest BCUT2D eigenvalue weighted by molar-refractivity contribution is 0.0853. The summed E-state index contributed by atoms with van der Waals surface area (Å²) in [4.78, 5) is 12.5. The number of nitrogens with one attached hydrogen (secondary N) is 1. The lowest BCUT2D eigenvalue weighted by atomic mass is 10.1. The van der Waals surface area contributed by atoms with Crippen molar-refractivity contribution in [1.29, 1.82) is 0 Å². The molecule has 126 valence electrons. The van der Waals surface area contributed by atoms with Gasteiger partial charge in [0, 0.05) is 12.6 Å². The maximum atomic E-state index is 13.3. The van der Waals surface area contributed by atoms with Gasteiger partial charge in [-0.25, -0.2) is 9.07 Å². The highest BCUT2D eigenvalue weighted by Crippen LogP contribution is 2.31. The Bertz CT molecular complexity index is 938.